The Kier molecular flexibility index (Phi) is 4.42. The number of hydrogen-bond acceptors (Lipinski definition) is 2. The molecule has 0 aliphatic carbocycles. The highest BCUT2D eigenvalue weighted by Crippen LogP contribution is 2.22. The number of rotatable bonds is 2. The number of nitrogens with zero attached hydrogens (tertiary/aromatic N) is 1. The molecule has 20 heavy (non-hydrogen) atoms. The Morgan fingerprint density at radius 1 is 1.30 bits per heavy atom. The predicted octanol–water partition coefficient (Wildman–Crippen LogP) is 2.97. The number of likely N-dealkylation sites (tertiary alicyclic amines) is 1. The van der Waals surface area contributed by atoms with E-state index in [-0.39, 0.29) is 11.8 Å². The third-order valence-corrected chi connectivity index (χ3v) is 3.86. The minimum Gasteiger partial charge on any atom is -0.336 e. The van der Waals surface area contributed by atoms with Crippen molar-refractivity contribution in [1.82, 2.24) is 4.90 Å². The fraction of sp³-hybridized carbons (Fsp3) is 0.500. The van der Waals surface area contributed by atoms with Crippen LogP contribution in [-0.4, -0.2) is 29.3 Å². The number of piperidine rings is 1. The number of hydrogen-bond donors (Lipinski definition) is 1. The maximum absolute atomic E-state index is 12.6. The summed E-state index contributed by atoms with van der Waals surface area (Å²) in [6, 6.07) is 5.79. The topological polar surface area (TPSA) is 49.4 Å². The molecule has 1 atom stereocenters. The molecule has 108 valence electrons. The molecule has 0 radical (unpaired) electrons. The van der Waals surface area contributed by atoms with E-state index in [2.05, 4.69) is 12.2 Å². The normalized spacial score (nSPS) is 18.8. The van der Waals surface area contributed by atoms with Gasteiger partial charge in [0, 0.05) is 30.8 Å². The maximum atomic E-state index is 12.6. The standard InChI is InChI=1S/C16H22N2O2/c1-11-7-8-14(10-15(11)17-13(3)19)16(20)18-9-5-4-6-12(18)2/h7-8,10,12H,4-6,9H2,1-3H3,(H,17,19). The molecule has 2 amide bonds. The molecular formula is C16H22N2O2. The zero-order valence-corrected chi connectivity index (χ0v) is 12.4. The quantitative estimate of drug-likeness (QED) is 0.901. The van der Waals surface area contributed by atoms with Crippen molar-refractivity contribution in [3.05, 3.63) is 29.3 Å². The van der Waals surface area contributed by atoms with Crippen molar-refractivity contribution in [1.29, 1.82) is 0 Å². The Morgan fingerprint density at radius 3 is 2.70 bits per heavy atom. The number of carbonyl (C=O) groups excluding carboxylic acids is 2. The van der Waals surface area contributed by atoms with E-state index in [9.17, 15) is 9.59 Å². The van der Waals surface area contributed by atoms with Gasteiger partial charge >= 0.3 is 0 Å². The first kappa shape index (κ1) is 14.6. The van der Waals surface area contributed by atoms with Gasteiger partial charge in [0.15, 0.2) is 0 Å². The maximum Gasteiger partial charge on any atom is 0.254 e. The van der Waals surface area contributed by atoms with Crippen LogP contribution in [0.15, 0.2) is 18.2 Å². The molecule has 1 aliphatic rings. The molecule has 0 aromatic heterocycles. The molecule has 1 heterocycles. The fourth-order valence-electron chi connectivity index (χ4n) is 2.65. The van der Waals surface area contributed by atoms with Gasteiger partial charge in [-0.15, -0.1) is 0 Å². The number of amides is 2. The van der Waals surface area contributed by atoms with Gasteiger partial charge in [-0.3, -0.25) is 9.59 Å². The van der Waals surface area contributed by atoms with Crippen LogP contribution in [0.4, 0.5) is 5.69 Å². The minimum atomic E-state index is -0.121. The molecule has 1 aromatic rings. The van der Waals surface area contributed by atoms with Crippen LogP contribution in [0.1, 0.15) is 49.0 Å². The molecule has 4 nitrogen and oxygen atoms in total. The molecule has 0 bridgehead atoms. The first-order valence-electron chi connectivity index (χ1n) is 7.18. The van der Waals surface area contributed by atoms with E-state index in [1.165, 1.54) is 13.3 Å². The van der Waals surface area contributed by atoms with Crippen LogP contribution < -0.4 is 5.32 Å². The molecule has 1 fully saturated rings. The third-order valence-electron chi connectivity index (χ3n) is 3.86. The Hall–Kier alpha value is -1.84. The SMILES string of the molecule is CC(=O)Nc1cc(C(=O)N2CCCCC2C)ccc1C. The Morgan fingerprint density at radius 2 is 2.05 bits per heavy atom. The van der Waals surface area contributed by atoms with E-state index in [4.69, 9.17) is 0 Å². The smallest absolute Gasteiger partial charge is 0.254 e. The summed E-state index contributed by atoms with van der Waals surface area (Å²) in [5.74, 6) is -0.0622. The third kappa shape index (κ3) is 3.18. The van der Waals surface area contributed by atoms with Crippen molar-refractivity contribution in [3.63, 3.8) is 0 Å². The lowest BCUT2D eigenvalue weighted by Crippen LogP contribution is -2.42. The predicted molar refractivity (Wildman–Crippen MR) is 79.8 cm³/mol. The van der Waals surface area contributed by atoms with Gasteiger partial charge in [0.1, 0.15) is 0 Å². The second kappa shape index (κ2) is 6.07. The zero-order valence-electron chi connectivity index (χ0n) is 12.4. The van der Waals surface area contributed by atoms with Crippen LogP contribution in [0.2, 0.25) is 0 Å². The van der Waals surface area contributed by atoms with E-state index >= 15 is 0 Å². The molecule has 1 unspecified atom stereocenters. The molecule has 1 aromatic carbocycles. The van der Waals surface area contributed by atoms with E-state index in [0.717, 1.165) is 24.9 Å². The van der Waals surface area contributed by atoms with Gasteiger partial charge in [-0.1, -0.05) is 6.07 Å². The number of nitrogens with one attached hydrogen (secondary N) is 1. The largest absolute Gasteiger partial charge is 0.336 e. The molecule has 1 saturated heterocycles. The van der Waals surface area contributed by atoms with Gasteiger partial charge in [0.25, 0.3) is 5.91 Å². The van der Waals surface area contributed by atoms with Gasteiger partial charge in [0.05, 0.1) is 0 Å². The molecule has 4 heteroatoms. The zero-order chi connectivity index (χ0) is 14.7. The summed E-state index contributed by atoms with van der Waals surface area (Å²) in [6.45, 7) is 6.31. The van der Waals surface area contributed by atoms with Crippen molar-refractivity contribution in [2.75, 3.05) is 11.9 Å². The average molecular weight is 274 g/mol. The van der Waals surface area contributed by atoms with E-state index in [1.54, 1.807) is 6.07 Å². The lowest BCUT2D eigenvalue weighted by atomic mass is 10.0. The molecule has 0 spiro atoms. The highest BCUT2D eigenvalue weighted by atomic mass is 16.2. The van der Waals surface area contributed by atoms with E-state index in [1.807, 2.05) is 24.0 Å². The van der Waals surface area contributed by atoms with Crippen LogP contribution in [-0.2, 0) is 4.79 Å². The van der Waals surface area contributed by atoms with Gasteiger partial charge in [0.2, 0.25) is 5.91 Å². The van der Waals surface area contributed by atoms with E-state index < -0.39 is 0 Å². The van der Waals surface area contributed by atoms with Gasteiger partial charge in [-0.2, -0.15) is 0 Å². The number of aryl methyl sites for hydroxylation is 1. The number of benzene rings is 1. The van der Waals surface area contributed by atoms with Crippen molar-refractivity contribution in [3.8, 4) is 0 Å². The molecule has 1 N–H and O–H groups in total. The number of anilines is 1. The Bertz CT molecular complexity index is 525. The first-order valence-corrected chi connectivity index (χ1v) is 7.18. The lowest BCUT2D eigenvalue weighted by Gasteiger charge is -2.33. The molecule has 0 saturated carbocycles. The van der Waals surface area contributed by atoms with Gasteiger partial charge in [-0.25, -0.2) is 0 Å². The van der Waals surface area contributed by atoms with Crippen molar-refractivity contribution in [2.24, 2.45) is 0 Å². The second-order valence-corrected chi connectivity index (χ2v) is 5.55. The van der Waals surface area contributed by atoms with Crippen LogP contribution >= 0.6 is 0 Å². The van der Waals surface area contributed by atoms with Crippen LogP contribution in [0.3, 0.4) is 0 Å². The molecular weight excluding hydrogens is 252 g/mol. The van der Waals surface area contributed by atoms with Crippen LogP contribution in [0, 0.1) is 6.92 Å². The monoisotopic (exact) mass is 274 g/mol. The highest BCUT2D eigenvalue weighted by Gasteiger charge is 2.24. The van der Waals surface area contributed by atoms with Crippen molar-refractivity contribution < 1.29 is 9.59 Å². The highest BCUT2D eigenvalue weighted by molar-refractivity contribution is 5.97. The lowest BCUT2D eigenvalue weighted by molar-refractivity contribution is -0.114. The van der Waals surface area contributed by atoms with Gasteiger partial charge < -0.3 is 10.2 Å². The summed E-state index contributed by atoms with van der Waals surface area (Å²) in [7, 11) is 0. The van der Waals surface area contributed by atoms with E-state index in [0.29, 0.717) is 17.3 Å². The summed E-state index contributed by atoms with van der Waals surface area (Å²) >= 11 is 0. The summed E-state index contributed by atoms with van der Waals surface area (Å²) in [4.78, 5) is 25.7. The number of carbonyl (C=O) groups is 2. The summed E-state index contributed by atoms with van der Waals surface area (Å²) in [5, 5.41) is 2.77. The van der Waals surface area contributed by atoms with Crippen molar-refractivity contribution >= 4 is 17.5 Å². The van der Waals surface area contributed by atoms with Gasteiger partial charge in [-0.05, 0) is 50.8 Å². The first-order chi connectivity index (χ1) is 9.49. The van der Waals surface area contributed by atoms with Crippen LogP contribution in [0.5, 0.6) is 0 Å². The Balaban J connectivity index is 2.23. The van der Waals surface area contributed by atoms with Crippen LogP contribution in [0.25, 0.3) is 0 Å². The Labute approximate surface area is 120 Å². The summed E-state index contributed by atoms with van der Waals surface area (Å²) in [6.07, 6.45) is 3.33. The second-order valence-electron chi connectivity index (χ2n) is 5.55. The summed E-state index contributed by atoms with van der Waals surface area (Å²) < 4.78 is 0. The average Bonchev–Trinajstić information content (AvgIpc) is 2.40. The molecule has 2 rings (SSSR count). The van der Waals surface area contributed by atoms with Crippen molar-refractivity contribution in [2.45, 2.75) is 46.1 Å². The fourth-order valence-corrected chi connectivity index (χ4v) is 2.65. The molecule has 1 aliphatic heterocycles. The summed E-state index contributed by atoms with van der Waals surface area (Å²) in [5.41, 5.74) is 2.32. The minimum absolute atomic E-state index is 0.0591.